The van der Waals surface area contributed by atoms with Crippen LogP contribution in [0.3, 0.4) is 0 Å². The molecule has 0 saturated carbocycles. The van der Waals surface area contributed by atoms with Gasteiger partial charge in [0.15, 0.2) is 0 Å². The normalized spacial score (nSPS) is 15.8. The van der Waals surface area contributed by atoms with Crippen LogP contribution in [0.15, 0.2) is 72.8 Å². The van der Waals surface area contributed by atoms with Crippen LogP contribution in [-0.2, 0) is 6.42 Å². The number of H-pyrrole nitrogens is 1. The number of halogens is 2. The third kappa shape index (κ3) is 3.31. The molecule has 0 fully saturated rings. The van der Waals surface area contributed by atoms with Gasteiger partial charge in [0.05, 0.1) is 0 Å². The Labute approximate surface area is 177 Å². The van der Waals surface area contributed by atoms with E-state index in [9.17, 15) is 9.18 Å². The van der Waals surface area contributed by atoms with E-state index in [1.165, 1.54) is 24.3 Å². The summed E-state index contributed by atoms with van der Waals surface area (Å²) < 4.78 is 18.7. The largest absolute Gasteiger partial charge is 0.416 e. The first kappa shape index (κ1) is 18.7. The van der Waals surface area contributed by atoms with Crippen LogP contribution in [0.25, 0.3) is 10.9 Å². The van der Waals surface area contributed by atoms with Crippen molar-refractivity contribution in [2.75, 3.05) is 6.54 Å². The maximum absolute atomic E-state index is 13.2. The molecule has 4 aromatic rings. The molecular weight excluding hydrogens is 403 g/mol. The molecule has 4 nitrogen and oxygen atoms in total. The molecule has 3 aromatic carbocycles. The number of fused-ring (bicyclic) bond motifs is 3. The number of hydrogen-bond donors (Lipinski definition) is 1. The van der Waals surface area contributed by atoms with Crippen molar-refractivity contribution < 1.29 is 13.9 Å². The molecule has 30 heavy (non-hydrogen) atoms. The van der Waals surface area contributed by atoms with Gasteiger partial charge in [-0.05, 0) is 60.0 Å². The number of amides is 1. The van der Waals surface area contributed by atoms with E-state index in [4.69, 9.17) is 16.3 Å². The first-order valence-corrected chi connectivity index (χ1v) is 10.1. The lowest BCUT2D eigenvalue weighted by molar-refractivity contribution is 0.135. The number of benzene rings is 3. The second-order valence-electron chi connectivity index (χ2n) is 7.29. The van der Waals surface area contributed by atoms with Gasteiger partial charge in [-0.1, -0.05) is 41.9 Å². The van der Waals surface area contributed by atoms with Gasteiger partial charge in [-0.15, -0.1) is 0 Å². The van der Waals surface area contributed by atoms with Crippen molar-refractivity contribution in [1.29, 1.82) is 0 Å². The summed E-state index contributed by atoms with van der Waals surface area (Å²) >= 11 is 6.23. The van der Waals surface area contributed by atoms with Crippen LogP contribution in [0.2, 0.25) is 5.02 Å². The van der Waals surface area contributed by atoms with E-state index in [2.05, 4.69) is 4.98 Å². The monoisotopic (exact) mass is 420 g/mol. The number of hydrogen-bond acceptors (Lipinski definition) is 2. The van der Waals surface area contributed by atoms with Gasteiger partial charge >= 0.3 is 6.09 Å². The molecule has 1 unspecified atom stereocenters. The van der Waals surface area contributed by atoms with Crippen molar-refractivity contribution in [2.24, 2.45) is 0 Å². The van der Waals surface area contributed by atoms with E-state index >= 15 is 0 Å². The Hall–Kier alpha value is -3.31. The van der Waals surface area contributed by atoms with Crippen molar-refractivity contribution in [3.63, 3.8) is 0 Å². The van der Waals surface area contributed by atoms with Crippen molar-refractivity contribution in [1.82, 2.24) is 9.88 Å². The topological polar surface area (TPSA) is 45.3 Å². The van der Waals surface area contributed by atoms with E-state index in [-0.39, 0.29) is 11.9 Å². The highest BCUT2D eigenvalue weighted by Crippen LogP contribution is 2.39. The first-order valence-electron chi connectivity index (χ1n) is 9.69. The molecule has 1 aromatic heterocycles. The molecule has 1 atom stereocenters. The molecule has 2 heterocycles. The van der Waals surface area contributed by atoms with Crippen LogP contribution in [0.5, 0.6) is 5.75 Å². The van der Waals surface area contributed by atoms with Gasteiger partial charge in [-0.2, -0.15) is 0 Å². The van der Waals surface area contributed by atoms with Gasteiger partial charge in [-0.25, -0.2) is 9.18 Å². The van der Waals surface area contributed by atoms with E-state index in [0.717, 1.165) is 27.7 Å². The summed E-state index contributed by atoms with van der Waals surface area (Å²) in [5.41, 5.74) is 4.08. The zero-order chi connectivity index (χ0) is 20.7. The lowest BCUT2D eigenvalue weighted by Gasteiger charge is -2.35. The van der Waals surface area contributed by atoms with Crippen molar-refractivity contribution in [3.8, 4) is 5.75 Å². The Kier molecular flexibility index (Phi) is 4.68. The highest BCUT2D eigenvalue weighted by molar-refractivity contribution is 6.31. The predicted molar refractivity (Wildman–Crippen MR) is 114 cm³/mol. The van der Waals surface area contributed by atoms with E-state index in [1.807, 2.05) is 48.5 Å². The molecule has 1 amide bonds. The average molecular weight is 421 g/mol. The summed E-state index contributed by atoms with van der Waals surface area (Å²) in [6.45, 7) is 0.492. The number of aromatic nitrogens is 1. The number of carbonyl (C=O) groups excluding carboxylic acids is 1. The molecule has 0 spiro atoms. The number of ether oxygens (including phenoxy) is 1. The molecule has 1 N–H and O–H groups in total. The summed E-state index contributed by atoms with van der Waals surface area (Å²) in [4.78, 5) is 18.3. The maximum Gasteiger partial charge on any atom is 0.416 e. The summed E-state index contributed by atoms with van der Waals surface area (Å²) in [5.74, 6) is -0.0706. The second-order valence-corrected chi connectivity index (χ2v) is 7.72. The third-order valence-corrected chi connectivity index (χ3v) is 5.69. The fourth-order valence-electron chi connectivity index (χ4n) is 4.10. The fraction of sp³-hybridized carbons (Fsp3) is 0.125. The summed E-state index contributed by atoms with van der Waals surface area (Å²) in [6.07, 6.45) is 0.204. The van der Waals surface area contributed by atoms with Crippen molar-refractivity contribution in [3.05, 3.63) is 100 Å². The molecule has 1 aliphatic heterocycles. The number of aromatic amines is 1. The van der Waals surface area contributed by atoms with Gasteiger partial charge < -0.3 is 9.72 Å². The third-order valence-electron chi connectivity index (χ3n) is 5.46. The quantitative estimate of drug-likeness (QED) is 0.425. The van der Waals surface area contributed by atoms with E-state index < -0.39 is 6.09 Å². The van der Waals surface area contributed by atoms with Crippen LogP contribution in [0.4, 0.5) is 9.18 Å². The minimum atomic E-state index is -0.474. The van der Waals surface area contributed by atoms with Crippen LogP contribution < -0.4 is 4.74 Å². The summed E-state index contributed by atoms with van der Waals surface area (Å²) in [6, 6.07) is 20.7. The minimum Gasteiger partial charge on any atom is -0.410 e. The Bertz CT molecular complexity index is 1220. The molecule has 5 rings (SSSR count). The molecule has 0 bridgehead atoms. The van der Waals surface area contributed by atoms with Crippen LogP contribution >= 0.6 is 11.6 Å². The van der Waals surface area contributed by atoms with E-state index in [0.29, 0.717) is 23.7 Å². The van der Waals surface area contributed by atoms with Crippen molar-refractivity contribution in [2.45, 2.75) is 12.5 Å². The number of rotatable bonds is 2. The smallest absolute Gasteiger partial charge is 0.410 e. The molecule has 6 heteroatoms. The Morgan fingerprint density at radius 1 is 1.07 bits per heavy atom. The van der Waals surface area contributed by atoms with Gasteiger partial charge in [0.2, 0.25) is 0 Å². The van der Waals surface area contributed by atoms with Crippen LogP contribution in [0, 0.1) is 5.82 Å². The lowest BCUT2D eigenvalue weighted by Crippen LogP contribution is -2.42. The van der Waals surface area contributed by atoms with Crippen LogP contribution in [0.1, 0.15) is 22.9 Å². The van der Waals surface area contributed by atoms with Crippen molar-refractivity contribution >= 4 is 28.6 Å². The zero-order valence-corrected chi connectivity index (χ0v) is 16.7. The summed E-state index contributed by atoms with van der Waals surface area (Å²) in [5, 5.41) is 1.75. The van der Waals surface area contributed by atoms with Gasteiger partial charge in [0.1, 0.15) is 17.6 Å². The van der Waals surface area contributed by atoms with Gasteiger partial charge in [0, 0.05) is 28.2 Å². The molecule has 0 saturated heterocycles. The zero-order valence-electron chi connectivity index (χ0n) is 15.9. The Morgan fingerprint density at radius 2 is 1.83 bits per heavy atom. The summed E-state index contributed by atoms with van der Waals surface area (Å²) in [7, 11) is 0. The Morgan fingerprint density at radius 3 is 2.60 bits per heavy atom. The van der Waals surface area contributed by atoms with E-state index in [1.54, 1.807) is 4.90 Å². The standard InChI is InChI=1S/C24H18ClFN2O2/c25-16-6-11-21-20(14-16)19-12-13-28(24(29)30-18-9-7-17(26)8-10-18)23(22(19)27-21)15-4-2-1-3-5-15/h1-11,14,23,27H,12-13H2. The fourth-order valence-corrected chi connectivity index (χ4v) is 4.27. The predicted octanol–water partition coefficient (Wildman–Crippen LogP) is 6.11. The van der Waals surface area contributed by atoms with Gasteiger partial charge in [0.25, 0.3) is 0 Å². The molecule has 1 aliphatic rings. The first-order chi connectivity index (χ1) is 14.6. The SMILES string of the molecule is O=C(Oc1ccc(F)cc1)N1CCc2c([nH]c3ccc(Cl)cc23)C1c1ccccc1. The Balaban J connectivity index is 1.57. The molecule has 0 aliphatic carbocycles. The molecule has 150 valence electrons. The highest BCUT2D eigenvalue weighted by Gasteiger charge is 2.35. The molecule has 0 radical (unpaired) electrons. The molecular formula is C24H18ClFN2O2. The number of nitrogens with zero attached hydrogens (tertiary/aromatic N) is 1. The number of carbonyl (C=O) groups is 1. The number of nitrogens with one attached hydrogen (secondary N) is 1. The van der Waals surface area contributed by atoms with Crippen LogP contribution in [-0.4, -0.2) is 22.5 Å². The minimum absolute atomic E-state index is 0.308. The maximum atomic E-state index is 13.2. The second kappa shape index (κ2) is 7.50. The average Bonchev–Trinajstić information content (AvgIpc) is 3.13. The highest BCUT2D eigenvalue weighted by atomic mass is 35.5. The van der Waals surface area contributed by atoms with Gasteiger partial charge in [-0.3, -0.25) is 4.90 Å². The lowest BCUT2D eigenvalue weighted by atomic mass is 9.93.